The molecule has 2 amide bonds. The molecule has 2 aromatic carbocycles. The van der Waals surface area contributed by atoms with Gasteiger partial charge in [0.05, 0.1) is 4.90 Å². The maximum Gasteiger partial charge on any atom is 0.261 e. The number of anilines is 1. The Morgan fingerprint density at radius 1 is 1.06 bits per heavy atom. The molecule has 1 aliphatic rings. The van der Waals surface area contributed by atoms with Crippen LogP contribution in [0.4, 0.5) is 5.69 Å². The van der Waals surface area contributed by atoms with E-state index in [1.165, 1.54) is 12.1 Å². The second kappa shape index (κ2) is 9.96. The first-order valence-corrected chi connectivity index (χ1v) is 12.0. The monoisotopic (exact) mass is 443 g/mol. The maximum absolute atomic E-state index is 13.0. The van der Waals surface area contributed by atoms with Crippen molar-refractivity contribution in [1.29, 1.82) is 0 Å². The summed E-state index contributed by atoms with van der Waals surface area (Å²) in [4.78, 5) is 27.3. The van der Waals surface area contributed by atoms with E-state index in [1.807, 2.05) is 0 Å². The highest BCUT2D eigenvalue weighted by atomic mass is 32.2. The van der Waals surface area contributed by atoms with Gasteiger partial charge in [-0.25, -0.2) is 8.42 Å². The molecule has 0 aromatic heterocycles. The average Bonchev–Trinajstić information content (AvgIpc) is 3.24. The van der Waals surface area contributed by atoms with Crippen molar-refractivity contribution in [2.75, 3.05) is 17.8 Å². The number of carbonyl (C=O) groups excluding carboxylic acids is 2. The lowest BCUT2D eigenvalue weighted by Crippen LogP contribution is -2.46. The molecule has 3 rings (SSSR count). The van der Waals surface area contributed by atoms with Crippen LogP contribution >= 0.6 is 0 Å². The van der Waals surface area contributed by atoms with Gasteiger partial charge in [0.1, 0.15) is 6.04 Å². The van der Waals surface area contributed by atoms with E-state index in [1.54, 1.807) is 47.4 Å². The first-order chi connectivity index (χ1) is 14.8. The lowest BCUT2D eigenvalue weighted by atomic mass is 10.1. The summed E-state index contributed by atoms with van der Waals surface area (Å²) in [6, 6.07) is 13.9. The molecule has 2 N–H and O–H groups in total. The third-order valence-corrected chi connectivity index (χ3v) is 6.67. The Bertz CT molecular complexity index is 1000. The number of hydrogen-bond donors (Lipinski definition) is 2. The van der Waals surface area contributed by atoms with Crippen molar-refractivity contribution in [1.82, 2.24) is 10.2 Å². The molecule has 8 heteroatoms. The molecule has 1 aliphatic heterocycles. The van der Waals surface area contributed by atoms with Gasteiger partial charge in [0.2, 0.25) is 5.91 Å². The highest BCUT2D eigenvalue weighted by Crippen LogP contribution is 2.22. The number of nitrogens with zero attached hydrogens (tertiary/aromatic N) is 1. The second-order valence-corrected chi connectivity index (χ2v) is 9.81. The molecule has 31 heavy (non-hydrogen) atoms. The van der Waals surface area contributed by atoms with Crippen LogP contribution in [0.1, 0.15) is 43.5 Å². The van der Waals surface area contributed by atoms with Gasteiger partial charge in [-0.2, -0.15) is 0 Å². The molecule has 0 unspecified atom stereocenters. The number of likely N-dealkylation sites (tertiary alicyclic amines) is 1. The molecule has 166 valence electrons. The fraction of sp³-hybridized carbons (Fsp3) is 0.391. The Balaban J connectivity index is 1.65. The van der Waals surface area contributed by atoms with Crippen LogP contribution in [0.15, 0.2) is 59.5 Å². The zero-order valence-corrected chi connectivity index (χ0v) is 18.7. The summed E-state index contributed by atoms with van der Waals surface area (Å²) in [5, 5.41) is 2.93. The Morgan fingerprint density at radius 3 is 2.39 bits per heavy atom. The van der Waals surface area contributed by atoms with Gasteiger partial charge in [-0.1, -0.05) is 32.0 Å². The van der Waals surface area contributed by atoms with Gasteiger partial charge in [0.25, 0.3) is 15.9 Å². The van der Waals surface area contributed by atoms with Crippen molar-refractivity contribution in [2.45, 2.75) is 44.0 Å². The quantitative estimate of drug-likeness (QED) is 0.655. The first kappa shape index (κ1) is 22.8. The fourth-order valence-electron chi connectivity index (χ4n) is 3.54. The van der Waals surface area contributed by atoms with Gasteiger partial charge in [-0.05, 0) is 61.6 Å². The Hall–Kier alpha value is -2.87. The molecule has 0 radical (unpaired) electrons. The number of amides is 2. The van der Waals surface area contributed by atoms with E-state index in [9.17, 15) is 18.0 Å². The van der Waals surface area contributed by atoms with Crippen molar-refractivity contribution in [2.24, 2.45) is 5.92 Å². The van der Waals surface area contributed by atoms with Gasteiger partial charge < -0.3 is 10.2 Å². The predicted octanol–water partition coefficient (Wildman–Crippen LogP) is 3.25. The lowest BCUT2D eigenvalue weighted by Gasteiger charge is -2.24. The molecule has 2 aromatic rings. The summed E-state index contributed by atoms with van der Waals surface area (Å²) in [5.41, 5.74) is 0.786. The standard InChI is InChI=1S/C23H29N3O4S/c1-17(2)14-15-24-22(27)21-9-6-16-26(21)23(28)18-10-12-19(13-11-18)25-31(29,30)20-7-4-3-5-8-20/h3-5,7-8,10-13,17,21,25H,6,9,14-16H2,1-2H3,(H,24,27)/t21-/m1/s1. The summed E-state index contributed by atoms with van der Waals surface area (Å²) >= 11 is 0. The molecule has 1 saturated heterocycles. The van der Waals surface area contributed by atoms with E-state index >= 15 is 0 Å². The topological polar surface area (TPSA) is 95.6 Å². The van der Waals surface area contributed by atoms with E-state index < -0.39 is 16.1 Å². The number of carbonyl (C=O) groups is 2. The maximum atomic E-state index is 13.0. The van der Waals surface area contributed by atoms with Gasteiger partial charge in [0.15, 0.2) is 0 Å². The van der Waals surface area contributed by atoms with Crippen molar-refractivity contribution in [3.63, 3.8) is 0 Å². The summed E-state index contributed by atoms with van der Waals surface area (Å²) < 4.78 is 27.4. The van der Waals surface area contributed by atoms with E-state index in [4.69, 9.17) is 0 Å². The summed E-state index contributed by atoms with van der Waals surface area (Å²) in [7, 11) is -3.70. The Morgan fingerprint density at radius 2 is 1.74 bits per heavy atom. The largest absolute Gasteiger partial charge is 0.354 e. The Kier molecular flexibility index (Phi) is 7.33. The minimum Gasteiger partial charge on any atom is -0.354 e. The molecular weight excluding hydrogens is 414 g/mol. The van der Waals surface area contributed by atoms with E-state index in [0.29, 0.717) is 36.7 Å². The highest BCUT2D eigenvalue weighted by Gasteiger charge is 2.34. The summed E-state index contributed by atoms with van der Waals surface area (Å²) in [6.45, 7) is 5.33. The van der Waals surface area contributed by atoms with Gasteiger partial charge in [-0.15, -0.1) is 0 Å². The van der Waals surface area contributed by atoms with E-state index in [0.717, 1.165) is 12.8 Å². The van der Waals surface area contributed by atoms with Crippen LogP contribution in [0.5, 0.6) is 0 Å². The molecule has 0 spiro atoms. The van der Waals surface area contributed by atoms with Crippen LogP contribution in [0.3, 0.4) is 0 Å². The minimum absolute atomic E-state index is 0.112. The molecule has 0 aliphatic carbocycles. The van der Waals surface area contributed by atoms with Crippen molar-refractivity contribution >= 4 is 27.5 Å². The van der Waals surface area contributed by atoms with Crippen LogP contribution in [0.25, 0.3) is 0 Å². The predicted molar refractivity (Wildman–Crippen MR) is 120 cm³/mol. The minimum atomic E-state index is -3.70. The van der Waals surface area contributed by atoms with Crippen LogP contribution in [0.2, 0.25) is 0 Å². The van der Waals surface area contributed by atoms with E-state index in [2.05, 4.69) is 23.9 Å². The zero-order chi connectivity index (χ0) is 22.4. The van der Waals surface area contributed by atoms with Gasteiger partial charge in [-0.3, -0.25) is 14.3 Å². The molecule has 1 heterocycles. The summed E-state index contributed by atoms with van der Waals surface area (Å²) in [6.07, 6.45) is 2.32. The fourth-order valence-corrected chi connectivity index (χ4v) is 4.62. The first-order valence-electron chi connectivity index (χ1n) is 10.5. The third-order valence-electron chi connectivity index (χ3n) is 5.27. The second-order valence-electron chi connectivity index (χ2n) is 8.13. The van der Waals surface area contributed by atoms with Crippen molar-refractivity contribution in [3.05, 3.63) is 60.2 Å². The SMILES string of the molecule is CC(C)CCNC(=O)[C@H]1CCCN1C(=O)c1ccc(NS(=O)(=O)c2ccccc2)cc1. The van der Waals surface area contributed by atoms with Gasteiger partial charge in [0, 0.05) is 24.3 Å². The van der Waals surface area contributed by atoms with Crippen LogP contribution in [0, 0.1) is 5.92 Å². The molecule has 1 atom stereocenters. The number of sulfonamides is 1. The van der Waals surface area contributed by atoms with Crippen molar-refractivity contribution in [3.8, 4) is 0 Å². The smallest absolute Gasteiger partial charge is 0.261 e. The third kappa shape index (κ3) is 5.85. The van der Waals surface area contributed by atoms with Crippen LogP contribution in [-0.4, -0.2) is 44.3 Å². The highest BCUT2D eigenvalue weighted by molar-refractivity contribution is 7.92. The molecular formula is C23H29N3O4S. The molecule has 7 nitrogen and oxygen atoms in total. The normalized spacial score (nSPS) is 16.4. The lowest BCUT2D eigenvalue weighted by molar-refractivity contribution is -0.124. The zero-order valence-electron chi connectivity index (χ0n) is 17.9. The average molecular weight is 444 g/mol. The molecule has 0 saturated carbocycles. The molecule has 0 bridgehead atoms. The van der Waals surface area contributed by atoms with E-state index in [-0.39, 0.29) is 16.7 Å². The van der Waals surface area contributed by atoms with Crippen LogP contribution < -0.4 is 10.0 Å². The number of nitrogens with one attached hydrogen (secondary N) is 2. The molecule has 1 fully saturated rings. The number of benzene rings is 2. The van der Waals surface area contributed by atoms with Crippen molar-refractivity contribution < 1.29 is 18.0 Å². The van der Waals surface area contributed by atoms with Crippen LogP contribution in [-0.2, 0) is 14.8 Å². The number of hydrogen-bond acceptors (Lipinski definition) is 4. The van der Waals surface area contributed by atoms with Gasteiger partial charge >= 0.3 is 0 Å². The number of rotatable bonds is 8. The summed E-state index contributed by atoms with van der Waals surface area (Å²) in [5.74, 6) is 0.164. The Labute approximate surface area is 183 Å².